The minimum absolute atomic E-state index is 0.193. The second-order valence-corrected chi connectivity index (χ2v) is 5.89. The number of hydrogen-bond acceptors (Lipinski definition) is 2. The summed E-state index contributed by atoms with van der Waals surface area (Å²) in [4.78, 5) is 12.0. The zero-order valence-corrected chi connectivity index (χ0v) is 13.7. The molecule has 0 unspecified atom stereocenters. The number of carbonyl (C=O) groups excluding carboxylic acids is 1. The number of ether oxygens (including phenoxy) is 1. The van der Waals surface area contributed by atoms with Crippen LogP contribution >= 0.6 is 34.2 Å². The van der Waals surface area contributed by atoms with E-state index in [1.807, 2.05) is 24.3 Å². The molecule has 20 heavy (non-hydrogen) atoms. The number of carbonyl (C=O) groups is 1. The Bertz CT molecular complexity index is 584. The fourth-order valence-electron chi connectivity index (χ4n) is 1.55. The van der Waals surface area contributed by atoms with Gasteiger partial charge in [0.2, 0.25) is 0 Å². The van der Waals surface area contributed by atoms with Gasteiger partial charge in [-0.1, -0.05) is 11.6 Å². The monoisotopic (exact) mass is 401 g/mol. The van der Waals surface area contributed by atoms with E-state index >= 15 is 0 Å². The van der Waals surface area contributed by atoms with Crippen LogP contribution in [0.25, 0.3) is 0 Å². The molecule has 0 saturated heterocycles. The summed E-state index contributed by atoms with van der Waals surface area (Å²) in [5, 5.41) is 3.44. The van der Waals surface area contributed by atoms with Gasteiger partial charge < -0.3 is 10.1 Å². The highest BCUT2D eigenvalue weighted by Crippen LogP contribution is 2.17. The molecule has 0 aliphatic carbocycles. The summed E-state index contributed by atoms with van der Waals surface area (Å²) >= 11 is 8.01. The molecule has 0 radical (unpaired) electrons. The summed E-state index contributed by atoms with van der Waals surface area (Å²) in [6.07, 6.45) is -0.588. The fraction of sp³-hybridized carbons (Fsp3) is 0.133. The molecule has 2 aromatic rings. The number of nitrogens with one attached hydrogen (secondary N) is 1. The van der Waals surface area contributed by atoms with Gasteiger partial charge in [0.15, 0.2) is 6.10 Å². The first-order valence-corrected chi connectivity index (χ1v) is 7.49. The van der Waals surface area contributed by atoms with E-state index in [0.29, 0.717) is 10.8 Å². The fourth-order valence-corrected chi connectivity index (χ4v) is 2.03. The predicted octanol–water partition coefficient (Wildman–Crippen LogP) is 4.35. The molecular formula is C15H13ClINO2. The molecule has 0 saturated carbocycles. The van der Waals surface area contributed by atoms with Crippen molar-refractivity contribution >= 4 is 45.8 Å². The molecule has 2 aromatic carbocycles. The molecule has 104 valence electrons. The smallest absolute Gasteiger partial charge is 0.265 e. The second kappa shape index (κ2) is 6.95. The third-order valence-electron chi connectivity index (χ3n) is 2.61. The molecule has 0 aliphatic rings. The predicted molar refractivity (Wildman–Crippen MR) is 89.3 cm³/mol. The van der Waals surface area contributed by atoms with Crippen LogP contribution in [0.4, 0.5) is 5.69 Å². The molecule has 0 fully saturated rings. The van der Waals surface area contributed by atoms with E-state index < -0.39 is 6.10 Å². The van der Waals surface area contributed by atoms with Crippen LogP contribution in [0, 0.1) is 3.57 Å². The lowest BCUT2D eigenvalue weighted by Gasteiger charge is -2.14. The summed E-state index contributed by atoms with van der Waals surface area (Å²) in [6, 6.07) is 14.5. The Balaban J connectivity index is 1.94. The first-order valence-electron chi connectivity index (χ1n) is 6.03. The Labute approximate surface area is 136 Å². The van der Waals surface area contributed by atoms with Crippen molar-refractivity contribution in [1.29, 1.82) is 0 Å². The molecule has 0 spiro atoms. The summed E-state index contributed by atoms with van der Waals surface area (Å²) < 4.78 is 6.67. The van der Waals surface area contributed by atoms with Crippen LogP contribution in [-0.4, -0.2) is 12.0 Å². The first kappa shape index (κ1) is 15.1. The zero-order valence-electron chi connectivity index (χ0n) is 10.8. The lowest BCUT2D eigenvalue weighted by Crippen LogP contribution is -2.30. The largest absolute Gasteiger partial charge is 0.481 e. The van der Waals surface area contributed by atoms with Crippen LogP contribution in [0.1, 0.15) is 6.92 Å². The van der Waals surface area contributed by atoms with Gasteiger partial charge in [-0.3, -0.25) is 4.79 Å². The number of amides is 1. The lowest BCUT2D eigenvalue weighted by molar-refractivity contribution is -0.122. The Hall–Kier alpha value is -1.27. The van der Waals surface area contributed by atoms with Crippen LogP contribution in [-0.2, 0) is 4.79 Å². The molecule has 0 aromatic heterocycles. The summed E-state index contributed by atoms with van der Waals surface area (Å²) in [5.74, 6) is 0.417. The Morgan fingerprint density at radius 2 is 1.75 bits per heavy atom. The molecule has 0 bridgehead atoms. The highest BCUT2D eigenvalue weighted by Gasteiger charge is 2.14. The van der Waals surface area contributed by atoms with Gasteiger partial charge in [-0.25, -0.2) is 0 Å². The Morgan fingerprint density at radius 3 is 2.35 bits per heavy atom. The number of benzene rings is 2. The van der Waals surface area contributed by atoms with Crippen molar-refractivity contribution < 1.29 is 9.53 Å². The molecule has 3 nitrogen and oxygen atoms in total. The van der Waals surface area contributed by atoms with Crippen LogP contribution in [0.5, 0.6) is 5.75 Å². The van der Waals surface area contributed by atoms with E-state index in [1.54, 1.807) is 31.2 Å². The highest BCUT2D eigenvalue weighted by molar-refractivity contribution is 14.1. The maximum atomic E-state index is 12.0. The van der Waals surface area contributed by atoms with Gasteiger partial charge in [-0.2, -0.15) is 0 Å². The summed E-state index contributed by atoms with van der Waals surface area (Å²) in [5.41, 5.74) is 0.752. The van der Waals surface area contributed by atoms with Crippen molar-refractivity contribution in [2.75, 3.05) is 5.32 Å². The minimum Gasteiger partial charge on any atom is -0.481 e. The van der Waals surface area contributed by atoms with E-state index in [-0.39, 0.29) is 5.91 Å². The molecule has 1 atom stereocenters. The van der Waals surface area contributed by atoms with Crippen molar-refractivity contribution in [1.82, 2.24) is 0 Å². The molecule has 2 rings (SSSR count). The number of rotatable bonds is 4. The van der Waals surface area contributed by atoms with Crippen LogP contribution in [0.3, 0.4) is 0 Å². The van der Waals surface area contributed by atoms with E-state index in [9.17, 15) is 4.79 Å². The first-order chi connectivity index (χ1) is 9.54. The van der Waals surface area contributed by atoms with E-state index in [0.717, 1.165) is 9.26 Å². The minimum atomic E-state index is -0.588. The van der Waals surface area contributed by atoms with Crippen molar-refractivity contribution in [2.45, 2.75) is 13.0 Å². The van der Waals surface area contributed by atoms with Gasteiger partial charge in [0.1, 0.15) is 5.75 Å². The van der Waals surface area contributed by atoms with Gasteiger partial charge in [0.05, 0.1) is 0 Å². The van der Waals surface area contributed by atoms with Crippen LogP contribution < -0.4 is 10.1 Å². The molecule has 5 heteroatoms. The second-order valence-electron chi connectivity index (χ2n) is 4.21. The Morgan fingerprint density at radius 1 is 1.15 bits per heavy atom. The number of anilines is 1. The highest BCUT2D eigenvalue weighted by atomic mass is 127. The van der Waals surface area contributed by atoms with Crippen molar-refractivity contribution in [3.63, 3.8) is 0 Å². The van der Waals surface area contributed by atoms with Crippen molar-refractivity contribution in [3.05, 3.63) is 57.1 Å². The maximum absolute atomic E-state index is 12.0. The van der Waals surface area contributed by atoms with Crippen molar-refractivity contribution in [3.8, 4) is 5.75 Å². The third-order valence-corrected chi connectivity index (χ3v) is 3.58. The average Bonchev–Trinajstić information content (AvgIpc) is 2.44. The average molecular weight is 402 g/mol. The van der Waals surface area contributed by atoms with E-state index in [2.05, 4.69) is 27.9 Å². The number of halogens is 2. The van der Waals surface area contributed by atoms with Crippen LogP contribution in [0.2, 0.25) is 5.02 Å². The zero-order chi connectivity index (χ0) is 14.5. The molecule has 0 heterocycles. The molecular weight excluding hydrogens is 389 g/mol. The van der Waals surface area contributed by atoms with Gasteiger partial charge in [-0.15, -0.1) is 0 Å². The SMILES string of the molecule is C[C@H](Oc1ccc(Cl)cc1)C(=O)Nc1ccc(I)cc1. The lowest BCUT2D eigenvalue weighted by atomic mass is 10.3. The normalized spacial score (nSPS) is 11.8. The van der Waals surface area contributed by atoms with Crippen molar-refractivity contribution in [2.24, 2.45) is 0 Å². The maximum Gasteiger partial charge on any atom is 0.265 e. The number of hydrogen-bond donors (Lipinski definition) is 1. The summed E-state index contributed by atoms with van der Waals surface area (Å²) in [7, 11) is 0. The molecule has 1 amide bonds. The third kappa shape index (κ3) is 4.38. The van der Waals surface area contributed by atoms with Gasteiger partial charge in [-0.05, 0) is 78.0 Å². The van der Waals surface area contributed by atoms with Gasteiger partial charge >= 0.3 is 0 Å². The molecule has 1 N–H and O–H groups in total. The Kier molecular flexibility index (Phi) is 5.25. The van der Waals surface area contributed by atoms with Gasteiger partial charge in [0, 0.05) is 14.3 Å². The topological polar surface area (TPSA) is 38.3 Å². The quantitative estimate of drug-likeness (QED) is 0.774. The summed E-state index contributed by atoms with van der Waals surface area (Å²) in [6.45, 7) is 1.70. The van der Waals surface area contributed by atoms with E-state index in [1.165, 1.54) is 0 Å². The van der Waals surface area contributed by atoms with Crippen LogP contribution in [0.15, 0.2) is 48.5 Å². The van der Waals surface area contributed by atoms with Gasteiger partial charge in [0.25, 0.3) is 5.91 Å². The van der Waals surface area contributed by atoms with E-state index in [4.69, 9.17) is 16.3 Å². The standard InChI is InChI=1S/C15H13ClINO2/c1-10(20-14-8-2-11(16)3-9-14)15(19)18-13-6-4-12(17)5-7-13/h2-10H,1H3,(H,18,19)/t10-/m0/s1. The molecule has 0 aliphatic heterocycles.